The van der Waals surface area contributed by atoms with Crippen molar-refractivity contribution in [3.05, 3.63) is 0 Å². The van der Waals surface area contributed by atoms with Gasteiger partial charge in [-0.25, -0.2) is 0 Å². The van der Waals surface area contributed by atoms with Crippen molar-refractivity contribution in [2.75, 3.05) is 0 Å². The molecular weight excluding hydrogens is 271 g/mol. The molecule has 0 bridgehead atoms. The van der Waals surface area contributed by atoms with Crippen LogP contribution in [0.1, 0.15) is 51.4 Å². The van der Waals surface area contributed by atoms with Gasteiger partial charge in [-0.1, -0.05) is 6.42 Å². The van der Waals surface area contributed by atoms with E-state index in [0.717, 1.165) is 44.2 Å². The number of carbonyl (C=O) groups is 1. The van der Waals surface area contributed by atoms with Gasteiger partial charge in [0.1, 0.15) is 5.66 Å². The molecule has 3 aliphatic rings. The molecule has 1 spiro atoms. The Morgan fingerprint density at radius 2 is 1.89 bits per heavy atom. The minimum atomic E-state index is -0.979. The highest BCUT2D eigenvalue weighted by Crippen LogP contribution is 2.42. The molecule has 0 unspecified atom stereocenters. The lowest BCUT2D eigenvalue weighted by molar-refractivity contribution is -0.125. The number of amides is 1. The van der Waals surface area contributed by atoms with E-state index in [1.54, 1.807) is 0 Å². The van der Waals surface area contributed by atoms with E-state index < -0.39 is 10.5 Å². The van der Waals surface area contributed by atoms with E-state index in [2.05, 4.69) is 5.32 Å². The highest BCUT2D eigenvalue weighted by molar-refractivity contribution is 6.52. The summed E-state index contributed by atoms with van der Waals surface area (Å²) in [6, 6.07) is 0. The molecule has 3 nitrogen and oxygen atoms in total. The first kappa shape index (κ1) is 12.7. The molecule has 0 aromatic carbocycles. The van der Waals surface area contributed by atoms with Gasteiger partial charge in [0.05, 0.1) is 11.1 Å². The highest BCUT2D eigenvalue weighted by atomic mass is 35.5. The fraction of sp³-hybridized carbons (Fsp3) is 0.846. The Hall–Kier alpha value is -0.280. The van der Waals surface area contributed by atoms with Crippen LogP contribution >= 0.6 is 23.2 Å². The first-order chi connectivity index (χ1) is 8.56. The number of alkyl halides is 2. The van der Waals surface area contributed by atoms with Gasteiger partial charge in [-0.3, -0.25) is 9.79 Å². The molecule has 0 saturated heterocycles. The van der Waals surface area contributed by atoms with Gasteiger partial charge in [-0.2, -0.15) is 0 Å². The first-order valence-electron chi connectivity index (χ1n) is 6.82. The second kappa shape index (κ2) is 4.38. The summed E-state index contributed by atoms with van der Waals surface area (Å²) >= 11 is 12.8. The van der Waals surface area contributed by atoms with Crippen LogP contribution < -0.4 is 5.32 Å². The van der Waals surface area contributed by atoms with Gasteiger partial charge in [0.2, 0.25) is 5.91 Å². The third-order valence-electron chi connectivity index (χ3n) is 4.40. The van der Waals surface area contributed by atoms with Crippen LogP contribution in [0.3, 0.4) is 0 Å². The number of rotatable bonds is 0. The summed E-state index contributed by atoms with van der Waals surface area (Å²) in [6.07, 6.45) is 7.68. The van der Waals surface area contributed by atoms with Crippen molar-refractivity contribution in [2.24, 2.45) is 4.99 Å². The number of halogens is 2. The summed E-state index contributed by atoms with van der Waals surface area (Å²) in [7, 11) is 0. The Balaban J connectivity index is 2.01. The zero-order chi connectivity index (χ0) is 12.8. The Morgan fingerprint density at radius 1 is 1.17 bits per heavy atom. The highest BCUT2D eigenvalue weighted by Gasteiger charge is 2.53. The second-order valence-electron chi connectivity index (χ2n) is 5.70. The molecule has 0 aromatic heterocycles. The molecule has 18 heavy (non-hydrogen) atoms. The molecule has 2 aliphatic carbocycles. The van der Waals surface area contributed by atoms with Gasteiger partial charge in [0, 0.05) is 0 Å². The van der Waals surface area contributed by atoms with Crippen LogP contribution in [0.25, 0.3) is 0 Å². The van der Waals surface area contributed by atoms with Crippen LogP contribution in [0.5, 0.6) is 0 Å². The van der Waals surface area contributed by atoms with Gasteiger partial charge in [0.25, 0.3) is 0 Å². The lowest BCUT2D eigenvalue weighted by atomic mass is 9.80. The van der Waals surface area contributed by atoms with E-state index in [0.29, 0.717) is 6.42 Å². The molecule has 3 rings (SSSR count). The maximum absolute atomic E-state index is 12.4. The van der Waals surface area contributed by atoms with E-state index in [4.69, 9.17) is 28.2 Å². The van der Waals surface area contributed by atoms with Gasteiger partial charge in [-0.15, -0.1) is 23.2 Å². The molecule has 1 amide bonds. The molecule has 2 saturated carbocycles. The second-order valence-corrected chi connectivity index (χ2v) is 6.88. The van der Waals surface area contributed by atoms with Crippen LogP contribution in [0.2, 0.25) is 0 Å². The van der Waals surface area contributed by atoms with Crippen LogP contribution in [-0.2, 0) is 4.79 Å². The van der Waals surface area contributed by atoms with Crippen LogP contribution in [0.15, 0.2) is 4.99 Å². The van der Waals surface area contributed by atoms with Crippen LogP contribution in [0, 0.1) is 0 Å². The quantitative estimate of drug-likeness (QED) is 0.684. The maximum Gasteiger partial charge on any atom is 0.248 e. The standard InChI is InChI=1S/C13H18Cl2N2O/c14-9-5-4-8-13(15)10(9)16-12(17-11(13)18)6-2-1-3-7-12/h9H,1-8H2,(H,17,18)/t9-,13-/m1/s1. The molecule has 1 heterocycles. The van der Waals surface area contributed by atoms with Crippen molar-refractivity contribution in [3.63, 3.8) is 0 Å². The van der Waals surface area contributed by atoms with E-state index in [1.165, 1.54) is 6.42 Å². The Labute approximate surface area is 117 Å². The summed E-state index contributed by atoms with van der Waals surface area (Å²) in [5, 5.41) is 2.90. The monoisotopic (exact) mass is 288 g/mol. The van der Waals surface area contributed by atoms with E-state index in [9.17, 15) is 4.79 Å². The van der Waals surface area contributed by atoms with Crippen molar-refractivity contribution in [3.8, 4) is 0 Å². The van der Waals surface area contributed by atoms with E-state index in [-0.39, 0.29) is 11.3 Å². The predicted octanol–water partition coefficient (Wildman–Crippen LogP) is 2.99. The van der Waals surface area contributed by atoms with Crippen molar-refractivity contribution >= 4 is 34.8 Å². The molecule has 0 aromatic rings. The molecule has 2 fully saturated rings. The third kappa shape index (κ3) is 1.87. The summed E-state index contributed by atoms with van der Waals surface area (Å²) in [6.45, 7) is 0. The maximum atomic E-state index is 12.4. The summed E-state index contributed by atoms with van der Waals surface area (Å²) in [4.78, 5) is 16.2. The van der Waals surface area contributed by atoms with Crippen molar-refractivity contribution in [2.45, 2.75) is 67.3 Å². The lowest BCUT2D eigenvalue weighted by Gasteiger charge is -2.46. The average molecular weight is 289 g/mol. The van der Waals surface area contributed by atoms with Gasteiger partial charge < -0.3 is 5.32 Å². The zero-order valence-electron chi connectivity index (χ0n) is 10.3. The number of nitrogens with one attached hydrogen (secondary N) is 1. The predicted molar refractivity (Wildman–Crippen MR) is 73.5 cm³/mol. The lowest BCUT2D eigenvalue weighted by Crippen LogP contribution is -2.64. The van der Waals surface area contributed by atoms with Crippen molar-refractivity contribution in [1.82, 2.24) is 5.32 Å². The Bertz CT molecular complexity index is 404. The minimum Gasteiger partial charge on any atom is -0.330 e. The minimum absolute atomic E-state index is 0.0820. The third-order valence-corrected chi connectivity index (χ3v) is 5.38. The van der Waals surface area contributed by atoms with Gasteiger partial charge >= 0.3 is 0 Å². The summed E-state index contributed by atoms with van der Waals surface area (Å²) < 4.78 is 0. The smallest absolute Gasteiger partial charge is 0.248 e. The Morgan fingerprint density at radius 3 is 2.61 bits per heavy atom. The number of aliphatic imine (C=N–C) groups is 1. The average Bonchev–Trinajstić information content (AvgIpc) is 2.34. The van der Waals surface area contributed by atoms with Gasteiger partial charge in [0.15, 0.2) is 4.87 Å². The number of carbonyl (C=O) groups excluding carboxylic acids is 1. The summed E-state index contributed by atoms with van der Waals surface area (Å²) in [5.74, 6) is -0.0820. The number of fused-ring (bicyclic) bond motifs is 1. The number of hydrogen-bond acceptors (Lipinski definition) is 2. The van der Waals surface area contributed by atoms with E-state index >= 15 is 0 Å². The number of nitrogens with zero attached hydrogens (tertiary/aromatic N) is 1. The fourth-order valence-electron chi connectivity index (χ4n) is 3.37. The normalized spacial score (nSPS) is 38.9. The van der Waals surface area contributed by atoms with E-state index in [1.807, 2.05) is 0 Å². The summed E-state index contributed by atoms with van der Waals surface area (Å²) in [5.41, 5.74) is 0.316. The molecule has 2 atom stereocenters. The van der Waals surface area contributed by atoms with Crippen LogP contribution in [0.4, 0.5) is 0 Å². The first-order valence-corrected chi connectivity index (χ1v) is 7.63. The molecule has 100 valence electrons. The molecule has 1 aliphatic heterocycles. The largest absolute Gasteiger partial charge is 0.330 e. The number of hydrogen-bond donors (Lipinski definition) is 1. The SMILES string of the molecule is O=C1NC2(CCCCC2)N=C2[C@H](Cl)CCC[C@]12Cl. The molecule has 1 N–H and O–H groups in total. The van der Waals surface area contributed by atoms with Crippen molar-refractivity contribution < 1.29 is 4.79 Å². The van der Waals surface area contributed by atoms with Crippen molar-refractivity contribution in [1.29, 1.82) is 0 Å². The Kier molecular flexibility index (Phi) is 3.10. The topological polar surface area (TPSA) is 41.5 Å². The van der Waals surface area contributed by atoms with Crippen LogP contribution in [-0.4, -0.2) is 27.5 Å². The van der Waals surface area contributed by atoms with Gasteiger partial charge in [-0.05, 0) is 44.9 Å². The molecular formula is C13H18Cl2N2O. The zero-order valence-corrected chi connectivity index (χ0v) is 11.9. The fourth-order valence-corrected chi connectivity index (χ4v) is 4.17. The molecule has 5 heteroatoms. The molecule has 0 radical (unpaired) electrons.